The highest BCUT2D eigenvalue weighted by molar-refractivity contribution is 7.92. The second kappa shape index (κ2) is 11.7. The number of anilines is 6. The molecule has 12 nitrogen and oxygen atoms in total. The summed E-state index contributed by atoms with van der Waals surface area (Å²) >= 11 is 0. The highest BCUT2D eigenvalue weighted by atomic mass is 32.2. The Bertz CT molecular complexity index is 1660. The van der Waals surface area contributed by atoms with Crippen molar-refractivity contribution in [2.24, 2.45) is 0 Å². The molecule has 5 rings (SSSR count). The number of hydrogen-bond donors (Lipinski definition) is 3. The molecule has 0 aliphatic carbocycles. The normalized spacial score (nSPS) is 14.2. The molecule has 0 unspecified atom stereocenters. The number of piperidine rings is 1. The van der Waals surface area contributed by atoms with Crippen molar-refractivity contribution in [1.29, 1.82) is 0 Å². The lowest BCUT2D eigenvalue weighted by Gasteiger charge is -2.32. The van der Waals surface area contributed by atoms with Gasteiger partial charge in [0.2, 0.25) is 16.0 Å². The minimum absolute atomic E-state index is 0.258. The van der Waals surface area contributed by atoms with Gasteiger partial charge < -0.3 is 25.4 Å². The van der Waals surface area contributed by atoms with E-state index in [1.165, 1.54) is 17.5 Å². The first-order valence-electron chi connectivity index (χ1n) is 13.4. The third-order valence-corrected chi connectivity index (χ3v) is 8.36. The molecule has 0 saturated carbocycles. The molecule has 2 aromatic carbocycles. The lowest BCUT2D eigenvalue weighted by atomic mass is 10.1. The molecular weight excluding hydrogens is 544 g/mol. The first kappa shape index (κ1) is 28.3. The van der Waals surface area contributed by atoms with Crippen LogP contribution in [-0.4, -0.2) is 73.1 Å². The van der Waals surface area contributed by atoms with Crippen LogP contribution in [0.1, 0.15) is 25.3 Å². The number of aromatic nitrogens is 4. The highest BCUT2D eigenvalue weighted by Gasteiger charge is 2.22. The number of aliphatic hydroxyl groups is 1. The van der Waals surface area contributed by atoms with E-state index in [0.29, 0.717) is 52.0 Å². The summed E-state index contributed by atoms with van der Waals surface area (Å²) in [6.45, 7) is 3.53. The molecule has 13 heteroatoms. The number of ether oxygens (including phenoxy) is 1. The molecule has 41 heavy (non-hydrogen) atoms. The highest BCUT2D eigenvalue weighted by Crippen LogP contribution is 2.37. The maximum absolute atomic E-state index is 12.6. The summed E-state index contributed by atoms with van der Waals surface area (Å²) in [5, 5.41) is 16.5. The fraction of sp³-hybridized carbons (Fsp3) is 0.357. The van der Waals surface area contributed by atoms with Crippen LogP contribution in [0, 0.1) is 0 Å². The van der Waals surface area contributed by atoms with E-state index >= 15 is 0 Å². The predicted molar refractivity (Wildman–Crippen MR) is 161 cm³/mol. The summed E-state index contributed by atoms with van der Waals surface area (Å²) in [6, 6.07) is 9.43. The van der Waals surface area contributed by atoms with Gasteiger partial charge in [-0.3, -0.25) is 14.3 Å². The molecule has 3 heterocycles. The SMILES string of the molecule is CCc1cnc(Nc2cc(N3CCC(O)CC3)ccc2OC)nc1Nc1ccc2nccnc2c1N(C)S(C)(=O)=O. The Morgan fingerprint density at radius 1 is 1.07 bits per heavy atom. The molecule has 216 valence electrons. The molecule has 0 spiro atoms. The third-order valence-electron chi connectivity index (χ3n) is 7.18. The average Bonchev–Trinajstić information content (AvgIpc) is 2.97. The predicted octanol–water partition coefficient (Wildman–Crippen LogP) is 3.83. The van der Waals surface area contributed by atoms with Crippen LogP contribution in [0.5, 0.6) is 5.75 Å². The molecule has 0 atom stereocenters. The lowest BCUT2D eigenvalue weighted by molar-refractivity contribution is 0.145. The fourth-order valence-corrected chi connectivity index (χ4v) is 5.32. The summed E-state index contributed by atoms with van der Waals surface area (Å²) in [7, 11) is -0.511. The maximum atomic E-state index is 12.6. The Morgan fingerprint density at radius 3 is 2.54 bits per heavy atom. The van der Waals surface area contributed by atoms with Gasteiger partial charge in [-0.1, -0.05) is 6.92 Å². The van der Waals surface area contributed by atoms with Crippen LogP contribution in [0.15, 0.2) is 48.9 Å². The second-order valence-corrected chi connectivity index (χ2v) is 11.9. The number of nitrogens with one attached hydrogen (secondary N) is 2. The molecule has 1 aliphatic rings. The standard InChI is InChI=1S/C28H34N8O4S/c1-5-18-17-31-28(33-23-16-19(6-9-24(23)40-3)36-14-10-20(37)11-15-36)34-27(18)32-22-8-7-21-25(30-13-12-29-21)26(22)35(2)41(4,38)39/h6-9,12-13,16-17,20,37H,5,10-11,14-15H2,1-4H3,(H2,31,32,33,34). The van der Waals surface area contributed by atoms with Crippen molar-refractivity contribution in [2.75, 3.05) is 53.3 Å². The van der Waals surface area contributed by atoms with Gasteiger partial charge >= 0.3 is 0 Å². The van der Waals surface area contributed by atoms with E-state index in [0.717, 1.165) is 43.4 Å². The van der Waals surface area contributed by atoms with E-state index in [1.807, 2.05) is 25.1 Å². The minimum Gasteiger partial charge on any atom is -0.495 e. The average molecular weight is 579 g/mol. The van der Waals surface area contributed by atoms with Gasteiger partial charge in [0.25, 0.3) is 0 Å². The van der Waals surface area contributed by atoms with Gasteiger partial charge in [0, 0.05) is 50.0 Å². The Balaban J connectivity index is 1.50. The van der Waals surface area contributed by atoms with Crippen LogP contribution in [0.2, 0.25) is 0 Å². The monoisotopic (exact) mass is 578 g/mol. The maximum Gasteiger partial charge on any atom is 0.232 e. The number of aliphatic hydroxyl groups excluding tert-OH is 1. The van der Waals surface area contributed by atoms with E-state index in [4.69, 9.17) is 9.72 Å². The number of methoxy groups -OCH3 is 1. The van der Waals surface area contributed by atoms with Crippen LogP contribution in [0.3, 0.4) is 0 Å². The quantitative estimate of drug-likeness (QED) is 0.266. The molecule has 4 aromatic rings. The van der Waals surface area contributed by atoms with Crippen LogP contribution in [-0.2, 0) is 16.4 Å². The Morgan fingerprint density at radius 2 is 1.83 bits per heavy atom. The smallest absolute Gasteiger partial charge is 0.232 e. The molecule has 3 N–H and O–H groups in total. The minimum atomic E-state index is -3.60. The zero-order chi connectivity index (χ0) is 29.1. The number of benzene rings is 2. The lowest BCUT2D eigenvalue weighted by Crippen LogP contribution is -2.35. The molecule has 0 bridgehead atoms. The zero-order valence-corrected chi connectivity index (χ0v) is 24.3. The molecule has 1 fully saturated rings. The first-order chi connectivity index (χ1) is 19.7. The van der Waals surface area contributed by atoms with Crippen molar-refractivity contribution in [1.82, 2.24) is 19.9 Å². The fourth-order valence-electron chi connectivity index (χ4n) is 4.80. The molecule has 1 aliphatic heterocycles. The number of nitrogens with zero attached hydrogens (tertiary/aromatic N) is 6. The number of aryl methyl sites for hydroxylation is 1. The molecule has 0 radical (unpaired) electrons. The number of fused-ring (bicyclic) bond motifs is 1. The van der Waals surface area contributed by atoms with Crippen molar-refractivity contribution in [3.05, 3.63) is 54.5 Å². The second-order valence-electron chi connectivity index (χ2n) is 9.89. The van der Waals surface area contributed by atoms with Crippen molar-refractivity contribution in [3.8, 4) is 5.75 Å². The van der Waals surface area contributed by atoms with Crippen molar-refractivity contribution >= 4 is 55.6 Å². The number of rotatable bonds is 9. The Kier molecular flexibility index (Phi) is 8.08. The van der Waals surface area contributed by atoms with Crippen LogP contribution in [0.25, 0.3) is 11.0 Å². The number of sulfonamides is 1. The summed E-state index contributed by atoms with van der Waals surface area (Å²) in [6.07, 6.45) is 7.81. The van der Waals surface area contributed by atoms with Crippen molar-refractivity contribution in [3.63, 3.8) is 0 Å². The largest absolute Gasteiger partial charge is 0.495 e. The summed E-state index contributed by atoms with van der Waals surface area (Å²) in [5.74, 6) is 1.50. The first-order valence-corrected chi connectivity index (χ1v) is 15.2. The van der Waals surface area contributed by atoms with Crippen molar-refractivity contribution in [2.45, 2.75) is 32.3 Å². The van der Waals surface area contributed by atoms with Gasteiger partial charge in [-0.2, -0.15) is 4.98 Å². The van der Waals surface area contributed by atoms with Gasteiger partial charge in [0.1, 0.15) is 22.8 Å². The summed E-state index contributed by atoms with van der Waals surface area (Å²) in [4.78, 5) is 20.3. The van der Waals surface area contributed by atoms with Crippen molar-refractivity contribution < 1.29 is 18.3 Å². The third kappa shape index (κ3) is 6.10. The molecule has 0 amide bonds. The number of hydrogen-bond acceptors (Lipinski definition) is 11. The van der Waals surface area contributed by atoms with Gasteiger partial charge in [-0.05, 0) is 49.6 Å². The zero-order valence-electron chi connectivity index (χ0n) is 23.5. The Hall–Kier alpha value is -4.23. The van der Waals surface area contributed by atoms with Gasteiger partial charge in [-0.25, -0.2) is 13.4 Å². The topological polar surface area (TPSA) is 146 Å². The van der Waals surface area contributed by atoms with E-state index in [9.17, 15) is 13.5 Å². The van der Waals surface area contributed by atoms with Crippen LogP contribution in [0.4, 0.5) is 34.5 Å². The van der Waals surface area contributed by atoms with Gasteiger partial charge in [0.15, 0.2) is 0 Å². The van der Waals surface area contributed by atoms with Crippen LogP contribution >= 0.6 is 0 Å². The van der Waals surface area contributed by atoms with Gasteiger partial charge in [-0.15, -0.1) is 0 Å². The molecular formula is C28H34N8O4S. The Labute approximate surface area is 239 Å². The van der Waals surface area contributed by atoms with E-state index in [2.05, 4.69) is 30.5 Å². The van der Waals surface area contributed by atoms with E-state index in [-0.39, 0.29) is 6.10 Å². The van der Waals surface area contributed by atoms with E-state index in [1.54, 1.807) is 31.6 Å². The molecule has 2 aromatic heterocycles. The van der Waals surface area contributed by atoms with Gasteiger partial charge in [0.05, 0.1) is 36.4 Å². The summed E-state index contributed by atoms with van der Waals surface area (Å²) < 4.78 is 31.9. The van der Waals surface area contributed by atoms with E-state index < -0.39 is 10.0 Å². The molecule has 1 saturated heterocycles. The summed E-state index contributed by atoms with van der Waals surface area (Å²) in [5.41, 5.74) is 4.45. The van der Waals surface area contributed by atoms with Crippen LogP contribution < -0.4 is 24.6 Å².